The predicted molar refractivity (Wildman–Crippen MR) is 152 cm³/mol. The smallest absolute Gasteiger partial charge is 0.338 e. The highest BCUT2D eigenvalue weighted by Gasteiger charge is 2.36. The van der Waals surface area contributed by atoms with Crippen LogP contribution in [0.2, 0.25) is 0 Å². The highest BCUT2D eigenvalue weighted by molar-refractivity contribution is 7.07. The van der Waals surface area contributed by atoms with E-state index in [0.29, 0.717) is 38.7 Å². The number of hydrogen-bond donors (Lipinski definition) is 0. The van der Waals surface area contributed by atoms with Gasteiger partial charge in [0.05, 0.1) is 36.1 Å². The molecule has 204 valence electrons. The van der Waals surface area contributed by atoms with E-state index in [0.717, 1.165) is 12.0 Å². The number of benzene rings is 2. The molecule has 0 N–H and O–H groups in total. The van der Waals surface area contributed by atoms with Gasteiger partial charge in [0.2, 0.25) is 0 Å². The average Bonchev–Trinajstić information content (AvgIpc) is 3.25. The third-order valence-corrected chi connectivity index (χ3v) is 7.07. The molecule has 1 aliphatic rings. The van der Waals surface area contributed by atoms with E-state index in [2.05, 4.69) is 4.99 Å². The van der Waals surface area contributed by atoms with Gasteiger partial charge in [0.25, 0.3) is 5.56 Å². The van der Waals surface area contributed by atoms with Crippen LogP contribution in [-0.4, -0.2) is 44.6 Å². The van der Waals surface area contributed by atoms with Crippen LogP contribution in [0.25, 0.3) is 12.2 Å². The minimum Gasteiger partial charge on any atom is -0.493 e. The summed E-state index contributed by atoms with van der Waals surface area (Å²) in [5, 5.41) is 0. The molecule has 0 radical (unpaired) electrons. The Hall–Kier alpha value is -3.95. The second-order valence-corrected chi connectivity index (χ2v) is 9.74. The molecule has 0 fully saturated rings. The molecule has 0 saturated carbocycles. The van der Waals surface area contributed by atoms with Gasteiger partial charge in [-0.3, -0.25) is 9.36 Å². The van der Waals surface area contributed by atoms with Crippen LogP contribution in [0.1, 0.15) is 37.4 Å². The van der Waals surface area contributed by atoms with Crippen molar-refractivity contribution in [1.29, 1.82) is 0 Å². The molecule has 3 aromatic rings. The first kappa shape index (κ1) is 28.1. The van der Waals surface area contributed by atoms with Gasteiger partial charge in [-0.2, -0.15) is 0 Å². The number of carbonyl (C=O) groups excluding carboxylic acids is 1. The van der Waals surface area contributed by atoms with Gasteiger partial charge in [0, 0.05) is 12.7 Å². The molecule has 2 heterocycles. The molecular weight excluding hydrogens is 516 g/mol. The highest BCUT2D eigenvalue weighted by atomic mass is 32.1. The van der Waals surface area contributed by atoms with E-state index < -0.39 is 12.0 Å². The number of allylic oxidation sites excluding steroid dienone is 2. The van der Waals surface area contributed by atoms with E-state index in [9.17, 15) is 9.59 Å². The summed E-state index contributed by atoms with van der Waals surface area (Å²) < 4.78 is 24.3. The lowest BCUT2D eigenvalue weighted by Crippen LogP contribution is -2.40. The molecular formula is C30H32N2O6S. The van der Waals surface area contributed by atoms with E-state index in [-0.39, 0.29) is 24.3 Å². The molecule has 1 aliphatic heterocycles. The Morgan fingerprint density at radius 3 is 2.59 bits per heavy atom. The lowest BCUT2D eigenvalue weighted by Gasteiger charge is -2.27. The molecule has 9 heteroatoms. The van der Waals surface area contributed by atoms with E-state index in [1.165, 1.54) is 18.4 Å². The van der Waals surface area contributed by atoms with Gasteiger partial charge in [-0.1, -0.05) is 72.9 Å². The molecule has 0 aliphatic carbocycles. The monoisotopic (exact) mass is 548 g/mol. The number of aromatic nitrogens is 1. The van der Waals surface area contributed by atoms with Gasteiger partial charge in [-0.05, 0) is 31.1 Å². The minimum atomic E-state index is -0.821. The Morgan fingerprint density at radius 1 is 1.08 bits per heavy atom. The first-order valence-corrected chi connectivity index (χ1v) is 13.5. The number of rotatable bonds is 11. The minimum absolute atomic E-state index is 0.0742. The van der Waals surface area contributed by atoms with Crippen LogP contribution >= 0.6 is 11.3 Å². The van der Waals surface area contributed by atoms with Crippen LogP contribution in [0.5, 0.6) is 11.5 Å². The van der Waals surface area contributed by atoms with Gasteiger partial charge in [-0.15, -0.1) is 0 Å². The molecule has 4 rings (SSSR count). The normalized spacial score (nSPS) is 15.3. The number of ether oxygens (including phenoxy) is 4. The summed E-state index contributed by atoms with van der Waals surface area (Å²) in [4.78, 5) is 32.4. The molecule has 2 aromatic carbocycles. The predicted octanol–water partition coefficient (Wildman–Crippen LogP) is 3.89. The third kappa shape index (κ3) is 6.21. The maximum absolute atomic E-state index is 13.8. The van der Waals surface area contributed by atoms with Crippen molar-refractivity contribution in [3.05, 3.63) is 96.7 Å². The Labute approximate surface area is 231 Å². The summed E-state index contributed by atoms with van der Waals surface area (Å²) in [6.07, 6.45) is 6.31. The van der Waals surface area contributed by atoms with Crippen LogP contribution in [0, 0.1) is 0 Å². The lowest BCUT2D eigenvalue weighted by atomic mass is 9.94. The lowest BCUT2D eigenvalue weighted by molar-refractivity contribution is -0.140. The number of carbonyl (C=O) groups is 1. The Morgan fingerprint density at radius 2 is 1.87 bits per heavy atom. The second-order valence-electron chi connectivity index (χ2n) is 8.73. The number of thiazole rings is 1. The van der Waals surface area contributed by atoms with Crippen molar-refractivity contribution in [2.24, 2.45) is 4.99 Å². The van der Waals surface area contributed by atoms with Crippen molar-refractivity contribution in [3.63, 3.8) is 0 Å². The fourth-order valence-electron chi connectivity index (χ4n) is 4.26. The van der Waals surface area contributed by atoms with Crippen molar-refractivity contribution >= 4 is 29.5 Å². The fraction of sp³-hybridized carbons (Fsp3) is 0.300. The van der Waals surface area contributed by atoms with Gasteiger partial charge < -0.3 is 18.9 Å². The van der Waals surface area contributed by atoms with Crippen LogP contribution in [0.4, 0.5) is 0 Å². The Balaban J connectivity index is 1.89. The van der Waals surface area contributed by atoms with Crippen LogP contribution in [0.3, 0.4) is 0 Å². The molecule has 0 amide bonds. The zero-order chi connectivity index (χ0) is 27.8. The maximum atomic E-state index is 13.8. The van der Waals surface area contributed by atoms with Crippen molar-refractivity contribution in [2.75, 3.05) is 34.0 Å². The molecule has 0 spiro atoms. The standard InChI is InChI=1S/C30H32N2O6S/c1-5-17-37-27-22(14-10-15-23(27)36-4)26-25(29(34)38-19-18-35-3)20(2)31-30-32(26)28(33)24(39-30)16-9-13-21-11-7-6-8-12-21/h6-16,26H,5,17-19H2,1-4H3/b13-9+,24-16+/t26-/m0/s1. The number of nitrogens with zero attached hydrogens (tertiary/aromatic N) is 2. The summed E-state index contributed by atoms with van der Waals surface area (Å²) >= 11 is 1.27. The summed E-state index contributed by atoms with van der Waals surface area (Å²) in [7, 11) is 3.09. The molecule has 1 atom stereocenters. The first-order chi connectivity index (χ1) is 19.0. The summed E-state index contributed by atoms with van der Waals surface area (Å²) in [5.41, 5.74) is 2.10. The summed E-state index contributed by atoms with van der Waals surface area (Å²) in [6.45, 7) is 4.52. The van der Waals surface area contributed by atoms with Gasteiger partial charge >= 0.3 is 5.97 Å². The van der Waals surface area contributed by atoms with Crippen LogP contribution in [-0.2, 0) is 14.3 Å². The Kier molecular flexibility index (Phi) is 9.51. The average molecular weight is 549 g/mol. The molecule has 8 nitrogen and oxygen atoms in total. The van der Waals surface area contributed by atoms with Crippen molar-refractivity contribution in [1.82, 2.24) is 4.57 Å². The highest BCUT2D eigenvalue weighted by Crippen LogP contribution is 2.40. The maximum Gasteiger partial charge on any atom is 0.338 e. The quantitative estimate of drug-likeness (QED) is 0.267. The number of fused-ring (bicyclic) bond motifs is 1. The second kappa shape index (κ2) is 13.2. The summed E-state index contributed by atoms with van der Waals surface area (Å²) in [6, 6.07) is 14.5. The van der Waals surface area contributed by atoms with Crippen LogP contribution < -0.4 is 24.4 Å². The van der Waals surface area contributed by atoms with Crippen molar-refractivity contribution in [2.45, 2.75) is 26.3 Å². The summed E-state index contributed by atoms with van der Waals surface area (Å²) in [5.74, 6) is 0.415. The topological polar surface area (TPSA) is 88.4 Å². The first-order valence-electron chi connectivity index (χ1n) is 12.7. The third-order valence-electron chi connectivity index (χ3n) is 6.07. The van der Waals surface area contributed by atoms with Gasteiger partial charge in [-0.25, -0.2) is 9.79 Å². The van der Waals surface area contributed by atoms with E-state index in [1.807, 2.05) is 61.5 Å². The van der Waals surface area contributed by atoms with E-state index >= 15 is 0 Å². The van der Waals surface area contributed by atoms with Crippen LogP contribution in [0.15, 0.2) is 75.7 Å². The van der Waals surface area contributed by atoms with Crippen molar-refractivity contribution in [3.8, 4) is 11.5 Å². The zero-order valence-electron chi connectivity index (χ0n) is 22.5. The number of esters is 1. The van der Waals surface area contributed by atoms with Gasteiger partial charge in [0.15, 0.2) is 16.3 Å². The fourth-order valence-corrected chi connectivity index (χ4v) is 5.26. The molecule has 0 bridgehead atoms. The van der Waals surface area contributed by atoms with Gasteiger partial charge in [0.1, 0.15) is 12.6 Å². The molecule has 1 aromatic heterocycles. The number of para-hydroxylation sites is 1. The number of methoxy groups -OCH3 is 2. The molecule has 0 unspecified atom stereocenters. The van der Waals surface area contributed by atoms with E-state index in [4.69, 9.17) is 18.9 Å². The molecule has 0 saturated heterocycles. The Bertz CT molecular complexity index is 1550. The largest absolute Gasteiger partial charge is 0.493 e. The number of hydrogen-bond acceptors (Lipinski definition) is 8. The van der Waals surface area contributed by atoms with Crippen molar-refractivity contribution < 1.29 is 23.7 Å². The zero-order valence-corrected chi connectivity index (χ0v) is 23.3. The van der Waals surface area contributed by atoms with E-state index in [1.54, 1.807) is 30.7 Å². The molecule has 39 heavy (non-hydrogen) atoms. The SMILES string of the molecule is CCCOc1c(OC)cccc1[C@H]1C(C(=O)OCCOC)=C(C)N=c2s/c(=C/C=C/c3ccccc3)c(=O)n21.